The Kier molecular flexibility index (Phi) is 5.39. The van der Waals surface area contributed by atoms with Crippen LogP contribution >= 0.6 is 0 Å². The van der Waals surface area contributed by atoms with E-state index >= 15 is 0 Å². The first-order chi connectivity index (χ1) is 14.1. The van der Waals surface area contributed by atoms with E-state index in [9.17, 15) is 0 Å². The molecule has 0 bridgehead atoms. The molecule has 1 aliphatic rings. The Bertz CT molecular complexity index is 1090. The molecule has 1 aliphatic heterocycles. The number of rotatable bonds is 4. The summed E-state index contributed by atoms with van der Waals surface area (Å²) in [7, 11) is 1.68. The average molecular weight is 380 g/mol. The van der Waals surface area contributed by atoms with Gasteiger partial charge in [0.15, 0.2) is 0 Å². The maximum absolute atomic E-state index is 5.32. The Hall–Kier alpha value is -3.46. The van der Waals surface area contributed by atoms with Crippen molar-refractivity contribution in [2.45, 2.75) is 20.3 Å². The number of hydrogen-bond donors (Lipinski definition) is 0. The van der Waals surface area contributed by atoms with Gasteiger partial charge in [-0.1, -0.05) is 71.8 Å². The van der Waals surface area contributed by atoms with Gasteiger partial charge in [-0.25, -0.2) is 0 Å². The van der Waals surface area contributed by atoms with Gasteiger partial charge in [-0.15, -0.1) is 0 Å². The predicted octanol–water partition coefficient (Wildman–Crippen LogP) is 5.99. The molecule has 3 heteroatoms. The summed E-state index contributed by atoms with van der Waals surface area (Å²) < 4.78 is 5.32. The third-order valence-corrected chi connectivity index (χ3v) is 5.14. The first-order valence-electron chi connectivity index (χ1n) is 9.76. The number of methoxy groups -OCH3 is 1. The van der Waals surface area contributed by atoms with E-state index in [-0.39, 0.29) is 0 Å². The summed E-state index contributed by atoms with van der Waals surface area (Å²) in [5.74, 6) is 0.850. The molecule has 0 radical (unpaired) electrons. The van der Waals surface area contributed by atoms with Gasteiger partial charge in [-0.2, -0.15) is 10.2 Å². The van der Waals surface area contributed by atoms with Gasteiger partial charge < -0.3 is 4.74 Å². The van der Waals surface area contributed by atoms with E-state index in [1.54, 1.807) is 7.11 Å². The largest absolute Gasteiger partial charge is 0.497 e. The van der Waals surface area contributed by atoms with Crippen molar-refractivity contribution in [2.75, 3.05) is 7.11 Å². The number of ether oxygens (including phenoxy) is 1. The molecule has 0 unspecified atom stereocenters. The minimum atomic E-state index is 0.717. The maximum Gasteiger partial charge on any atom is 0.118 e. The highest BCUT2D eigenvalue weighted by atomic mass is 16.5. The highest BCUT2D eigenvalue weighted by Crippen LogP contribution is 2.26. The molecule has 3 aromatic rings. The molecule has 3 aromatic carbocycles. The van der Waals surface area contributed by atoms with Gasteiger partial charge in [-0.05, 0) is 48.8 Å². The zero-order valence-corrected chi connectivity index (χ0v) is 17.0. The summed E-state index contributed by atoms with van der Waals surface area (Å²) in [6, 6.07) is 25.0. The Labute approximate surface area is 172 Å². The van der Waals surface area contributed by atoms with Gasteiger partial charge in [0.2, 0.25) is 0 Å². The zero-order chi connectivity index (χ0) is 20.2. The molecular formula is C26H24N2O. The fourth-order valence-electron chi connectivity index (χ4n) is 3.34. The third-order valence-electron chi connectivity index (χ3n) is 5.14. The lowest BCUT2D eigenvalue weighted by atomic mass is 9.94. The van der Waals surface area contributed by atoms with Crippen LogP contribution in [0.1, 0.15) is 34.2 Å². The molecule has 3 nitrogen and oxygen atoms in total. The van der Waals surface area contributed by atoms with Crippen molar-refractivity contribution in [3.05, 3.63) is 107 Å². The van der Waals surface area contributed by atoms with Crippen LogP contribution < -0.4 is 4.74 Å². The van der Waals surface area contributed by atoms with Gasteiger partial charge in [0.1, 0.15) is 5.75 Å². The molecule has 0 N–H and O–H groups in total. The minimum Gasteiger partial charge on any atom is -0.497 e. The summed E-state index contributed by atoms with van der Waals surface area (Å²) in [5, 5.41) is 9.26. The highest BCUT2D eigenvalue weighted by Gasteiger charge is 2.15. The number of nitrogens with zero attached hydrogens (tertiary/aromatic N) is 2. The monoisotopic (exact) mass is 380 g/mol. The second kappa shape index (κ2) is 8.27. The highest BCUT2D eigenvalue weighted by molar-refractivity contribution is 6.17. The normalized spacial score (nSPS) is 13.8. The second-order valence-electron chi connectivity index (χ2n) is 7.34. The average Bonchev–Trinajstić information content (AvgIpc) is 2.98. The van der Waals surface area contributed by atoms with E-state index in [4.69, 9.17) is 4.74 Å². The second-order valence-corrected chi connectivity index (χ2v) is 7.34. The van der Waals surface area contributed by atoms with Crippen LogP contribution in [0.2, 0.25) is 0 Å². The fourth-order valence-corrected chi connectivity index (χ4v) is 3.34. The Morgan fingerprint density at radius 1 is 0.655 bits per heavy atom. The van der Waals surface area contributed by atoms with E-state index in [0.717, 1.165) is 33.9 Å². The van der Waals surface area contributed by atoms with E-state index in [2.05, 4.69) is 90.8 Å². The first-order valence-corrected chi connectivity index (χ1v) is 9.76. The summed E-state index contributed by atoms with van der Waals surface area (Å²) in [6.45, 7) is 4.18. The summed E-state index contributed by atoms with van der Waals surface area (Å²) in [5.41, 5.74) is 8.80. The first kappa shape index (κ1) is 18.9. The Morgan fingerprint density at radius 2 is 1.21 bits per heavy atom. The smallest absolute Gasteiger partial charge is 0.118 e. The molecule has 29 heavy (non-hydrogen) atoms. The topological polar surface area (TPSA) is 34.0 Å². The standard InChI is InChI=1S/C26H24N2O/c1-18-4-8-21(9-5-18)25-16-23(20-12-14-24(29-3)15-13-20)17-26(28-27-25)22-10-6-19(2)7-11-22/h4-16H,17H2,1-3H3. The molecule has 0 aliphatic carbocycles. The minimum absolute atomic E-state index is 0.717. The molecule has 0 fully saturated rings. The van der Waals surface area contributed by atoms with Crippen LogP contribution in [0.5, 0.6) is 5.75 Å². The van der Waals surface area contributed by atoms with Crippen molar-refractivity contribution < 1.29 is 4.74 Å². The SMILES string of the molecule is COc1ccc(C2=CC(c3ccc(C)cc3)=NN=C(c3ccc(C)cc3)C2)cc1. The molecule has 0 amide bonds. The van der Waals surface area contributed by atoms with Gasteiger partial charge in [0.05, 0.1) is 18.5 Å². The van der Waals surface area contributed by atoms with E-state index in [1.165, 1.54) is 16.7 Å². The van der Waals surface area contributed by atoms with Gasteiger partial charge in [0.25, 0.3) is 0 Å². The van der Waals surface area contributed by atoms with Crippen LogP contribution in [0, 0.1) is 13.8 Å². The molecule has 0 saturated heterocycles. The van der Waals surface area contributed by atoms with Crippen molar-refractivity contribution in [2.24, 2.45) is 10.2 Å². The molecule has 144 valence electrons. The van der Waals surface area contributed by atoms with Gasteiger partial charge in [-0.3, -0.25) is 0 Å². The van der Waals surface area contributed by atoms with Crippen LogP contribution in [-0.2, 0) is 0 Å². The Balaban J connectivity index is 1.79. The lowest BCUT2D eigenvalue weighted by molar-refractivity contribution is 0.415. The zero-order valence-electron chi connectivity index (χ0n) is 17.0. The van der Waals surface area contributed by atoms with Crippen molar-refractivity contribution >= 4 is 17.0 Å². The van der Waals surface area contributed by atoms with Crippen molar-refractivity contribution in [3.63, 3.8) is 0 Å². The van der Waals surface area contributed by atoms with Crippen LogP contribution in [0.3, 0.4) is 0 Å². The molecule has 0 atom stereocenters. The predicted molar refractivity (Wildman–Crippen MR) is 121 cm³/mol. The fraction of sp³-hybridized carbons (Fsp3) is 0.154. The molecule has 0 saturated carbocycles. The summed E-state index contributed by atoms with van der Waals surface area (Å²) >= 11 is 0. The van der Waals surface area contributed by atoms with Crippen molar-refractivity contribution in [1.29, 1.82) is 0 Å². The molecular weight excluding hydrogens is 356 g/mol. The molecule has 0 aromatic heterocycles. The summed E-state index contributed by atoms with van der Waals surface area (Å²) in [4.78, 5) is 0. The molecule has 0 spiro atoms. The van der Waals surface area contributed by atoms with E-state index < -0.39 is 0 Å². The number of allylic oxidation sites excluding steroid dienone is 2. The van der Waals surface area contributed by atoms with Crippen LogP contribution in [-0.4, -0.2) is 18.5 Å². The third kappa shape index (κ3) is 4.35. The van der Waals surface area contributed by atoms with Gasteiger partial charge in [0, 0.05) is 12.0 Å². The van der Waals surface area contributed by atoms with E-state index in [1.807, 2.05) is 12.1 Å². The lowest BCUT2D eigenvalue weighted by Crippen LogP contribution is -2.02. The number of benzene rings is 3. The van der Waals surface area contributed by atoms with Crippen molar-refractivity contribution in [3.8, 4) is 5.75 Å². The van der Waals surface area contributed by atoms with Crippen LogP contribution in [0.15, 0.2) is 89.1 Å². The van der Waals surface area contributed by atoms with Crippen LogP contribution in [0.4, 0.5) is 0 Å². The Morgan fingerprint density at radius 3 is 1.79 bits per heavy atom. The summed E-state index contributed by atoms with van der Waals surface area (Å²) in [6.07, 6.45) is 2.87. The number of hydrogen-bond acceptors (Lipinski definition) is 3. The van der Waals surface area contributed by atoms with Crippen molar-refractivity contribution in [1.82, 2.24) is 0 Å². The van der Waals surface area contributed by atoms with Crippen LogP contribution in [0.25, 0.3) is 5.57 Å². The van der Waals surface area contributed by atoms with Gasteiger partial charge >= 0.3 is 0 Å². The molecule has 4 rings (SSSR count). The maximum atomic E-state index is 5.32. The number of aryl methyl sites for hydroxylation is 2. The quantitative estimate of drug-likeness (QED) is 0.547. The molecule has 1 heterocycles. The van der Waals surface area contributed by atoms with E-state index in [0.29, 0.717) is 6.42 Å². The lowest BCUT2D eigenvalue weighted by Gasteiger charge is -2.10.